The van der Waals surface area contributed by atoms with Crippen molar-refractivity contribution < 1.29 is 9.21 Å². The highest BCUT2D eigenvalue weighted by Crippen LogP contribution is 2.24. The van der Waals surface area contributed by atoms with E-state index in [9.17, 15) is 4.79 Å². The minimum atomic E-state index is -0.548. The molecule has 1 aromatic heterocycles. The molecule has 6 nitrogen and oxygen atoms in total. The number of nitrogens with one attached hydrogen (secondary N) is 2. The largest absolute Gasteiger partial charge is 0.418 e. The molecule has 3 aromatic carbocycles. The number of hydrogen-bond acceptors (Lipinski definition) is 4. The quantitative estimate of drug-likeness (QED) is 0.484. The zero-order chi connectivity index (χ0) is 20.6. The van der Waals surface area contributed by atoms with E-state index >= 15 is 0 Å². The van der Waals surface area contributed by atoms with Crippen LogP contribution in [0.3, 0.4) is 0 Å². The molecule has 0 bridgehead atoms. The Morgan fingerprint density at radius 2 is 1.47 bits per heavy atom. The molecule has 0 saturated carbocycles. The van der Waals surface area contributed by atoms with Crippen LogP contribution in [0.15, 0.2) is 95.4 Å². The maximum atomic E-state index is 12.6. The molecule has 0 fully saturated rings. The van der Waals surface area contributed by atoms with Crippen LogP contribution in [0.1, 0.15) is 23.1 Å². The van der Waals surface area contributed by atoms with Gasteiger partial charge in [0.2, 0.25) is 11.8 Å². The van der Waals surface area contributed by atoms with Crippen LogP contribution in [0.5, 0.6) is 0 Å². The number of rotatable bonds is 7. The third-order valence-electron chi connectivity index (χ3n) is 4.66. The fraction of sp³-hybridized carbons (Fsp3) is 0.125. The monoisotopic (exact) mass is 398 g/mol. The maximum absolute atomic E-state index is 12.6. The molecule has 2 N–H and O–H groups in total. The summed E-state index contributed by atoms with van der Waals surface area (Å²) in [6, 6.07) is 28.3. The van der Waals surface area contributed by atoms with Crippen molar-refractivity contribution in [2.75, 3.05) is 6.54 Å². The van der Waals surface area contributed by atoms with E-state index in [4.69, 9.17) is 4.42 Å². The Hall–Kier alpha value is -3.93. The molecule has 4 rings (SSSR count). The summed E-state index contributed by atoms with van der Waals surface area (Å²) in [6.45, 7) is 0.524. The van der Waals surface area contributed by atoms with Crippen molar-refractivity contribution in [1.29, 1.82) is 0 Å². The minimum absolute atomic E-state index is 0.292. The number of urea groups is 1. The number of hydrogen-bond donors (Lipinski definition) is 2. The fourth-order valence-corrected chi connectivity index (χ4v) is 3.13. The molecule has 30 heavy (non-hydrogen) atoms. The first-order valence-corrected chi connectivity index (χ1v) is 9.81. The molecular weight excluding hydrogens is 376 g/mol. The maximum Gasteiger partial charge on any atom is 0.315 e. The van der Waals surface area contributed by atoms with Gasteiger partial charge in [0.1, 0.15) is 6.04 Å². The van der Waals surface area contributed by atoms with Crippen LogP contribution < -0.4 is 10.6 Å². The van der Waals surface area contributed by atoms with Crippen molar-refractivity contribution in [2.24, 2.45) is 0 Å². The third-order valence-corrected chi connectivity index (χ3v) is 4.66. The summed E-state index contributed by atoms with van der Waals surface area (Å²) in [5, 5.41) is 14.2. The molecule has 0 aliphatic heterocycles. The van der Waals surface area contributed by atoms with Crippen molar-refractivity contribution in [3.63, 3.8) is 0 Å². The number of carbonyl (C=O) groups is 1. The smallest absolute Gasteiger partial charge is 0.315 e. The Morgan fingerprint density at radius 1 is 0.833 bits per heavy atom. The SMILES string of the molecule is O=C(NCCc1ccccc1)N[C@H](c1ccccc1)c1nnc(-c2ccccc2)o1. The number of amides is 2. The van der Waals surface area contributed by atoms with Gasteiger partial charge in [-0.1, -0.05) is 78.9 Å². The van der Waals surface area contributed by atoms with E-state index in [0.29, 0.717) is 18.3 Å². The van der Waals surface area contributed by atoms with Crippen molar-refractivity contribution in [2.45, 2.75) is 12.5 Å². The Labute approximate surface area is 175 Å². The van der Waals surface area contributed by atoms with Gasteiger partial charge in [0.05, 0.1) is 0 Å². The van der Waals surface area contributed by atoms with E-state index in [-0.39, 0.29) is 6.03 Å². The molecule has 1 atom stereocenters. The lowest BCUT2D eigenvalue weighted by Crippen LogP contribution is -2.39. The Kier molecular flexibility index (Phi) is 6.15. The van der Waals surface area contributed by atoms with E-state index in [2.05, 4.69) is 20.8 Å². The first-order valence-electron chi connectivity index (χ1n) is 9.81. The topological polar surface area (TPSA) is 80.0 Å². The van der Waals surface area contributed by atoms with Gasteiger partial charge in [0, 0.05) is 12.1 Å². The van der Waals surface area contributed by atoms with E-state index < -0.39 is 6.04 Å². The van der Waals surface area contributed by atoms with Crippen molar-refractivity contribution in [3.05, 3.63) is 108 Å². The van der Waals surface area contributed by atoms with Crippen LogP contribution in [0, 0.1) is 0 Å². The van der Waals surface area contributed by atoms with Gasteiger partial charge in [-0.25, -0.2) is 4.79 Å². The lowest BCUT2D eigenvalue weighted by molar-refractivity contribution is 0.237. The zero-order valence-electron chi connectivity index (χ0n) is 16.4. The standard InChI is InChI=1S/C24H22N4O2/c29-24(25-17-16-18-10-4-1-5-11-18)26-21(19-12-6-2-7-13-19)23-28-27-22(30-23)20-14-8-3-9-15-20/h1-15,21H,16-17H2,(H2,25,26,29)/t21-/m1/s1. The van der Waals surface area contributed by atoms with Crippen LogP contribution in [0.2, 0.25) is 0 Å². The summed E-state index contributed by atoms with van der Waals surface area (Å²) in [7, 11) is 0. The minimum Gasteiger partial charge on any atom is -0.418 e. The van der Waals surface area contributed by atoms with Crippen molar-refractivity contribution >= 4 is 6.03 Å². The number of benzene rings is 3. The van der Waals surface area contributed by atoms with Gasteiger partial charge in [0.25, 0.3) is 0 Å². The highest BCUT2D eigenvalue weighted by molar-refractivity contribution is 5.74. The second-order valence-corrected chi connectivity index (χ2v) is 6.79. The summed E-state index contributed by atoms with van der Waals surface area (Å²) in [4.78, 5) is 12.6. The number of nitrogens with zero attached hydrogens (tertiary/aromatic N) is 2. The molecule has 4 aromatic rings. The fourth-order valence-electron chi connectivity index (χ4n) is 3.13. The molecule has 0 aliphatic carbocycles. The summed E-state index contributed by atoms with van der Waals surface area (Å²) >= 11 is 0. The van der Waals surface area contributed by atoms with Crippen LogP contribution in [-0.4, -0.2) is 22.8 Å². The van der Waals surface area contributed by atoms with Gasteiger partial charge in [-0.15, -0.1) is 10.2 Å². The average Bonchev–Trinajstić information content (AvgIpc) is 3.29. The van der Waals surface area contributed by atoms with Gasteiger partial charge in [0.15, 0.2) is 0 Å². The predicted octanol–water partition coefficient (Wildman–Crippen LogP) is 4.37. The van der Waals surface area contributed by atoms with Gasteiger partial charge in [-0.3, -0.25) is 0 Å². The molecule has 150 valence electrons. The molecule has 6 heteroatoms. The lowest BCUT2D eigenvalue weighted by Gasteiger charge is -2.16. The first kappa shape index (κ1) is 19.4. The van der Waals surface area contributed by atoms with E-state index in [1.54, 1.807) is 0 Å². The zero-order valence-corrected chi connectivity index (χ0v) is 16.4. The van der Waals surface area contributed by atoms with E-state index in [1.165, 1.54) is 5.56 Å². The first-order chi connectivity index (χ1) is 14.8. The third kappa shape index (κ3) is 4.91. The van der Waals surface area contributed by atoms with Crippen molar-refractivity contribution in [1.82, 2.24) is 20.8 Å². The molecule has 1 heterocycles. The summed E-state index contributed by atoms with van der Waals surface area (Å²) < 4.78 is 5.90. The van der Waals surface area contributed by atoms with Crippen molar-refractivity contribution in [3.8, 4) is 11.5 Å². The van der Waals surface area contributed by atoms with Crippen LogP contribution in [0.25, 0.3) is 11.5 Å². The van der Waals surface area contributed by atoms with Gasteiger partial charge in [-0.2, -0.15) is 0 Å². The van der Waals surface area contributed by atoms with Gasteiger partial charge >= 0.3 is 6.03 Å². The molecular formula is C24H22N4O2. The molecule has 0 radical (unpaired) electrons. The summed E-state index contributed by atoms with van der Waals surface area (Å²) in [5.74, 6) is 0.746. The Balaban J connectivity index is 1.47. The van der Waals surface area contributed by atoms with Gasteiger partial charge in [-0.05, 0) is 29.7 Å². The Morgan fingerprint density at radius 3 is 2.17 bits per heavy atom. The van der Waals surface area contributed by atoms with Crippen LogP contribution in [-0.2, 0) is 6.42 Å². The normalized spacial score (nSPS) is 11.6. The summed E-state index contributed by atoms with van der Waals surface area (Å²) in [5.41, 5.74) is 2.86. The second kappa shape index (κ2) is 9.52. The predicted molar refractivity (Wildman–Crippen MR) is 115 cm³/mol. The highest BCUT2D eigenvalue weighted by atomic mass is 16.4. The van der Waals surface area contributed by atoms with E-state index in [1.807, 2.05) is 91.0 Å². The molecule has 0 spiro atoms. The van der Waals surface area contributed by atoms with Crippen LogP contribution >= 0.6 is 0 Å². The van der Waals surface area contributed by atoms with E-state index in [0.717, 1.165) is 17.5 Å². The Bertz CT molecular complexity index is 1070. The molecule has 0 unspecified atom stereocenters. The highest BCUT2D eigenvalue weighted by Gasteiger charge is 2.23. The number of carbonyl (C=O) groups excluding carboxylic acids is 1. The molecule has 2 amide bonds. The summed E-state index contributed by atoms with van der Waals surface area (Å²) in [6.07, 6.45) is 0.753. The second-order valence-electron chi connectivity index (χ2n) is 6.79. The van der Waals surface area contributed by atoms with Crippen LogP contribution in [0.4, 0.5) is 4.79 Å². The van der Waals surface area contributed by atoms with Gasteiger partial charge < -0.3 is 15.1 Å². The number of aromatic nitrogens is 2. The lowest BCUT2D eigenvalue weighted by atomic mass is 10.1. The molecule has 0 aliphatic rings. The molecule has 0 saturated heterocycles. The average molecular weight is 398 g/mol.